The van der Waals surface area contributed by atoms with Gasteiger partial charge in [0.25, 0.3) is 0 Å². The van der Waals surface area contributed by atoms with Gasteiger partial charge in [-0.2, -0.15) is 0 Å². The lowest BCUT2D eigenvalue weighted by atomic mass is 9.99. The molecule has 3 atom stereocenters. The number of ketones is 1. The Morgan fingerprint density at radius 3 is 2.67 bits per heavy atom. The Morgan fingerprint density at radius 2 is 1.94 bits per heavy atom. The van der Waals surface area contributed by atoms with Crippen LogP contribution in [0.2, 0.25) is 0 Å². The number of pyridine rings is 1. The number of fused-ring (bicyclic) bond motifs is 1. The lowest BCUT2D eigenvalue weighted by Gasteiger charge is -2.12. The van der Waals surface area contributed by atoms with Gasteiger partial charge in [-0.1, -0.05) is 37.8 Å². The van der Waals surface area contributed by atoms with Gasteiger partial charge in [0.1, 0.15) is 5.78 Å². The second-order valence-electron chi connectivity index (χ2n) is 8.98. The second kappa shape index (κ2) is 9.33. The van der Waals surface area contributed by atoms with Gasteiger partial charge in [-0.05, 0) is 66.4 Å². The predicted molar refractivity (Wildman–Crippen MR) is 131 cm³/mol. The Hall–Kier alpha value is -2.61. The number of rotatable bonds is 7. The van der Waals surface area contributed by atoms with Gasteiger partial charge in [-0.3, -0.25) is 9.78 Å². The smallest absolute Gasteiger partial charge is 0.240 e. The van der Waals surface area contributed by atoms with E-state index in [1.165, 1.54) is 0 Å². The van der Waals surface area contributed by atoms with Crippen LogP contribution in [0.4, 0.5) is 0 Å². The molecule has 174 valence electrons. The monoisotopic (exact) mass is 465 g/mol. The first-order chi connectivity index (χ1) is 15.4. The van der Waals surface area contributed by atoms with Gasteiger partial charge < -0.3 is 5.32 Å². The van der Waals surface area contributed by atoms with Crippen LogP contribution in [0.1, 0.15) is 42.9 Å². The van der Waals surface area contributed by atoms with Gasteiger partial charge in [0, 0.05) is 42.7 Å². The molecule has 1 saturated heterocycles. The molecule has 2 N–H and O–H groups in total. The number of benzene rings is 2. The van der Waals surface area contributed by atoms with Gasteiger partial charge in [0.15, 0.2) is 0 Å². The average molecular weight is 466 g/mol. The van der Waals surface area contributed by atoms with E-state index in [0.717, 1.165) is 46.8 Å². The topological polar surface area (TPSA) is 88.2 Å². The van der Waals surface area contributed by atoms with Crippen molar-refractivity contribution in [1.82, 2.24) is 15.0 Å². The van der Waals surface area contributed by atoms with Crippen molar-refractivity contribution in [3.05, 3.63) is 71.5 Å². The lowest BCUT2D eigenvalue weighted by Crippen LogP contribution is -2.36. The molecule has 1 saturated carbocycles. The van der Waals surface area contributed by atoms with Crippen LogP contribution in [0.15, 0.2) is 59.8 Å². The molecule has 1 aliphatic heterocycles. The average Bonchev–Trinajstić information content (AvgIpc) is 3.44. The van der Waals surface area contributed by atoms with E-state index in [0.29, 0.717) is 13.0 Å². The van der Waals surface area contributed by atoms with Crippen LogP contribution < -0.4 is 10.0 Å². The van der Waals surface area contributed by atoms with Crippen LogP contribution >= 0.6 is 0 Å². The van der Waals surface area contributed by atoms with E-state index in [1.54, 1.807) is 12.1 Å². The maximum absolute atomic E-state index is 12.9. The van der Waals surface area contributed by atoms with Crippen molar-refractivity contribution in [2.45, 2.75) is 50.5 Å². The molecule has 2 aromatic carbocycles. The van der Waals surface area contributed by atoms with E-state index in [-0.39, 0.29) is 36.0 Å². The summed E-state index contributed by atoms with van der Waals surface area (Å²) in [5.41, 5.74) is 3.16. The summed E-state index contributed by atoms with van der Waals surface area (Å²) in [4.78, 5) is 17.4. The molecule has 1 aliphatic carbocycles. The molecule has 1 aromatic heterocycles. The highest BCUT2D eigenvalue weighted by atomic mass is 32.2. The molecule has 2 heterocycles. The standard InChI is InChI=1S/C25H27N3O3S.CH4/c1-16-13-27-14-19-3-2-17(10-22(16)19)11-25(29)24-12-23(24)18-4-6-21(7-5-18)32(30,31)28-20-8-9-26-15-20;/h2-7,10,13-14,20,23-24,26,28H,8-9,11-12,15H2,1H3;1H4/t20?,23-,24+;/m0./s1. The third-order valence-corrected chi connectivity index (χ3v) is 8.14. The van der Waals surface area contributed by atoms with E-state index >= 15 is 0 Å². The first-order valence-electron chi connectivity index (χ1n) is 11.1. The molecule has 2 aliphatic rings. The quantitative estimate of drug-likeness (QED) is 0.555. The summed E-state index contributed by atoms with van der Waals surface area (Å²) < 4.78 is 27.9. The summed E-state index contributed by atoms with van der Waals surface area (Å²) in [6.07, 6.45) is 5.73. The van der Waals surface area contributed by atoms with Gasteiger partial charge >= 0.3 is 0 Å². The Kier molecular flexibility index (Phi) is 6.66. The van der Waals surface area contributed by atoms with Gasteiger partial charge in [0.05, 0.1) is 4.90 Å². The Morgan fingerprint density at radius 1 is 1.15 bits per heavy atom. The minimum absolute atomic E-state index is 0. The van der Waals surface area contributed by atoms with E-state index in [4.69, 9.17) is 0 Å². The largest absolute Gasteiger partial charge is 0.315 e. The van der Waals surface area contributed by atoms with E-state index in [1.807, 2.05) is 43.6 Å². The van der Waals surface area contributed by atoms with Crippen LogP contribution in [0.3, 0.4) is 0 Å². The summed E-state index contributed by atoms with van der Waals surface area (Å²) in [7, 11) is -3.52. The summed E-state index contributed by atoms with van der Waals surface area (Å²) >= 11 is 0. The molecule has 0 spiro atoms. The molecule has 0 bridgehead atoms. The van der Waals surface area contributed by atoms with Crippen molar-refractivity contribution in [2.75, 3.05) is 13.1 Å². The zero-order chi connectivity index (χ0) is 22.3. The van der Waals surface area contributed by atoms with Gasteiger partial charge in [-0.25, -0.2) is 13.1 Å². The number of nitrogens with one attached hydrogen (secondary N) is 2. The van der Waals surface area contributed by atoms with Crippen molar-refractivity contribution < 1.29 is 13.2 Å². The van der Waals surface area contributed by atoms with E-state index in [2.05, 4.69) is 21.1 Å². The first kappa shape index (κ1) is 23.5. The molecular weight excluding hydrogens is 434 g/mol. The SMILES string of the molecule is C.Cc1cncc2ccc(CC(=O)[C@@H]3C[C@H]3c3ccc(S(=O)(=O)NC4CCNC4)cc3)cc12. The highest BCUT2D eigenvalue weighted by Crippen LogP contribution is 2.48. The zero-order valence-electron chi connectivity index (χ0n) is 18.0. The number of carbonyl (C=O) groups excluding carboxylic acids is 1. The number of carbonyl (C=O) groups is 1. The van der Waals surface area contributed by atoms with Crippen molar-refractivity contribution in [3.63, 3.8) is 0 Å². The summed E-state index contributed by atoms with van der Waals surface area (Å²) in [6.45, 7) is 3.53. The molecular formula is C26H31N3O3S. The molecule has 7 heteroatoms. The van der Waals surface area contributed by atoms with Crippen LogP contribution in [-0.2, 0) is 21.2 Å². The predicted octanol–water partition coefficient (Wildman–Crippen LogP) is 3.73. The second-order valence-corrected chi connectivity index (χ2v) is 10.7. The van der Waals surface area contributed by atoms with Crippen molar-refractivity contribution >= 4 is 26.6 Å². The minimum Gasteiger partial charge on any atom is -0.315 e. The van der Waals surface area contributed by atoms with E-state index in [9.17, 15) is 13.2 Å². The van der Waals surface area contributed by atoms with Crippen LogP contribution in [0.5, 0.6) is 0 Å². The maximum Gasteiger partial charge on any atom is 0.240 e. The minimum atomic E-state index is -3.52. The highest BCUT2D eigenvalue weighted by molar-refractivity contribution is 7.89. The van der Waals surface area contributed by atoms with Crippen molar-refractivity contribution in [1.29, 1.82) is 0 Å². The maximum atomic E-state index is 12.9. The molecule has 33 heavy (non-hydrogen) atoms. The third kappa shape index (κ3) is 5.00. The number of aryl methyl sites for hydroxylation is 1. The molecule has 0 radical (unpaired) electrons. The first-order valence-corrected chi connectivity index (χ1v) is 12.6. The van der Waals surface area contributed by atoms with Gasteiger partial charge in [-0.15, -0.1) is 0 Å². The fraction of sp³-hybridized carbons (Fsp3) is 0.385. The highest BCUT2D eigenvalue weighted by Gasteiger charge is 2.43. The third-order valence-electron chi connectivity index (χ3n) is 6.61. The fourth-order valence-electron chi connectivity index (χ4n) is 4.65. The number of nitrogens with zero attached hydrogens (tertiary/aromatic N) is 1. The lowest BCUT2D eigenvalue weighted by molar-refractivity contribution is -0.119. The van der Waals surface area contributed by atoms with E-state index < -0.39 is 10.0 Å². The van der Waals surface area contributed by atoms with Crippen LogP contribution in [0.25, 0.3) is 10.8 Å². The summed E-state index contributed by atoms with van der Waals surface area (Å²) in [5, 5.41) is 5.38. The number of sulfonamides is 1. The molecule has 3 aromatic rings. The van der Waals surface area contributed by atoms with Crippen LogP contribution in [-0.4, -0.2) is 38.3 Å². The Labute approximate surface area is 195 Å². The number of hydrogen-bond acceptors (Lipinski definition) is 5. The summed E-state index contributed by atoms with van der Waals surface area (Å²) in [6, 6.07) is 13.1. The van der Waals surface area contributed by atoms with Crippen LogP contribution in [0, 0.1) is 12.8 Å². The molecule has 0 amide bonds. The van der Waals surface area contributed by atoms with Gasteiger partial charge in [0.2, 0.25) is 10.0 Å². The normalized spacial score (nSPS) is 22.2. The Balaban J connectivity index is 0.00000259. The summed E-state index contributed by atoms with van der Waals surface area (Å²) in [5.74, 6) is 0.431. The van der Waals surface area contributed by atoms with Crippen molar-refractivity contribution in [2.24, 2.45) is 5.92 Å². The number of Topliss-reactive ketones (excluding diaryl/α,β-unsaturated/α-hetero) is 1. The molecule has 5 rings (SSSR count). The zero-order valence-corrected chi connectivity index (χ0v) is 18.9. The number of hydrogen-bond donors (Lipinski definition) is 2. The molecule has 2 fully saturated rings. The molecule has 1 unspecified atom stereocenters. The number of aromatic nitrogens is 1. The molecule has 6 nitrogen and oxygen atoms in total. The Bertz CT molecular complexity index is 1270. The van der Waals surface area contributed by atoms with Crippen molar-refractivity contribution in [3.8, 4) is 0 Å². The fourth-order valence-corrected chi connectivity index (χ4v) is 5.93.